The third-order valence-electron chi connectivity index (χ3n) is 8.22. The normalized spacial score (nSPS) is 30.8. The predicted octanol–water partition coefficient (Wildman–Crippen LogP) is 4.42. The first-order chi connectivity index (χ1) is 15.8. The minimum Gasteiger partial charge on any atom is -0.394 e. The summed E-state index contributed by atoms with van der Waals surface area (Å²) in [6, 6.07) is 9.11. The van der Waals surface area contributed by atoms with Crippen molar-refractivity contribution >= 4 is 34.2 Å². The number of hydrogen-bond donors (Lipinski definition) is 2. The van der Waals surface area contributed by atoms with Crippen LogP contribution in [0.15, 0.2) is 29.2 Å². The van der Waals surface area contributed by atoms with Gasteiger partial charge in [0.2, 0.25) is 5.95 Å². The van der Waals surface area contributed by atoms with E-state index in [0.29, 0.717) is 30.2 Å². The minimum atomic E-state index is -1.18. The molecule has 2 aromatic rings. The van der Waals surface area contributed by atoms with Gasteiger partial charge in [-0.3, -0.25) is 4.21 Å². The largest absolute Gasteiger partial charge is 0.394 e. The average molecular weight is 487 g/mol. The first-order valence-corrected chi connectivity index (χ1v) is 13.6. The maximum absolute atomic E-state index is 13.3. The summed E-state index contributed by atoms with van der Waals surface area (Å²) in [7, 11) is -1.18. The molecule has 2 saturated carbocycles. The molecule has 7 rings (SSSR count). The van der Waals surface area contributed by atoms with E-state index in [2.05, 4.69) is 22.3 Å². The first kappa shape index (κ1) is 21.8. The molecule has 1 aromatic heterocycles. The highest BCUT2D eigenvalue weighted by molar-refractivity contribution is 7.87. The van der Waals surface area contributed by atoms with Crippen LogP contribution in [-0.4, -0.2) is 48.3 Å². The number of anilines is 2. The van der Waals surface area contributed by atoms with Crippen molar-refractivity contribution in [3.8, 4) is 0 Å². The average Bonchev–Trinajstić information content (AvgIpc) is 2.99. The van der Waals surface area contributed by atoms with Crippen LogP contribution < -0.4 is 10.2 Å². The Kier molecular flexibility index (Phi) is 5.06. The van der Waals surface area contributed by atoms with Crippen LogP contribution in [0.3, 0.4) is 0 Å². The second-order valence-electron chi connectivity index (χ2n) is 10.9. The summed E-state index contributed by atoms with van der Waals surface area (Å²) in [6.07, 6.45) is 6.92. The van der Waals surface area contributed by atoms with Crippen molar-refractivity contribution in [2.75, 3.05) is 16.8 Å². The number of rotatable bonds is 5. The number of aliphatic hydroxyl groups is 1. The van der Waals surface area contributed by atoms with Crippen LogP contribution in [-0.2, 0) is 17.2 Å². The van der Waals surface area contributed by atoms with E-state index in [9.17, 15) is 9.32 Å². The van der Waals surface area contributed by atoms with Gasteiger partial charge in [-0.2, -0.15) is 4.98 Å². The molecule has 176 valence electrons. The zero-order valence-electron chi connectivity index (χ0n) is 19.2. The van der Waals surface area contributed by atoms with E-state index >= 15 is 0 Å². The molecule has 8 heteroatoms. The van der Waals surface area contributed by atoms with Crippen molar-refractivity contribution < 1.29 is 9.32 Å². The van der Waals surface area contributed by atoms with Crippen LogP contribution in [0, 0.1) is 0 Å². The van der Waals surface area contributed by atoms with Crippen LogP contribution in [0.1, 0.15) is 69.5 Å². The zero-order valence-corrected chi connectivity index (χ0v) is 20.8. The van der Waals surface area contributed by atoms with Gasteiger partial charge in [0.25, 0.3) is 0 Å². The van der Waals surface area contributed by atoms with Gasteiger partial charge in [0, 0.05) is 23.5 Å². The monoisotopic (exact) mass is 486 g/mol. The van der Waals surface area contributed by atoms with E-state index in [4.69, 9.17) is 21.6 Å². The van der Waals surface area contributed by atoms with E-state index in [1.54, 1.807) is 0 Å². The van der Waals surface area contributed by atoms with Crippen LogP contribution in [0.25, 0.3) is 0 Å². The van der Waals surface area contributed by atoms with Crippen molar-refractivity contribution in [2.45, 2.75) is 92.0 Å². The minimum absolute atomic E-state index is 0.0644. The van der Waals surface area contributed by atoms with Crippen LogP contribution in [0.4, 0.5) is 11.8 Å². The summed E-state index contributed by atoms with van der Waals surface area (Å²) in [5.41, 5.74) is 1.91. The van der Waals surface area contributed by atoms with E-state index in [-0.39, 0.29) is 16.9 Å². The van der Waals surface area contributed by atoms with Crippen LogP contribution in [0.5, 0.6) is 0 Å². The van der Waals surface area contributed by atoms with Crippen LogP contribution >= 0.6 is 11.6 Å². The molecule has 4 fully saturated rings. The van der Waals surface area contributed by atoms with Gasteiger partial charge in [0.1, 0.15) is 10.7 Å². The number of nitrogens with one attached hydrogen (secondary N) is 1. The van der Waals surface area contributed by atoms with Crippen molar-refractivity contribution in [2.24, 2.45) is 0 Å². The summed E-state index contributed by atoms with van der Waals surface area (Å²) in [4.78, 5) is 13.1. The Morgan fingerprint density at radius 1 is 1.15 bits per heavy atom. The molecule has 33 heavy (non-hydrogen) atoms. The molecule has 2 unspecified atom stereocenters. The van der Waals surface area contributed by atoms with Gasteiger partial charge in [-0.15, -0.1) is 0 Å². The highest BCUT2D eigenvalue weighted by Gasteiger charge is 2.49. The molecule has 1 aromatic carbocycles. The fourth-order valence-corrected chi connectivity index (χ4v) is 7.68. The van der Waals surface area contributed by atoms with E-state index in [1.165, 1.54) is 12.0 Å². The number of fused-ring (bicyclic) bond motifs is 3. The molecule has 2 saturated heterocycles. The predicted molar refractivity (Wildman–Crippen MR) is 132 cm³/mol. The zero-order chi connectivity index (χ0) is 23.0. The summed E-state index contributed by atoms with van der Waals surface area (Å²) in [5, 5.41) is 14.3. The SMILES string of the molecule is CC1(C)Cc2nc(N3C4CC(c5ccc(Cl)cc5)CC3C4)nc(NC3(CO)CCC3)c2[S@@]1=O. The highest BCUT2D eigenvalue weighted by Crippen LogP contribution is 2.49. The molecular formula is C25H31ClN4O2S. The maximum Gasteiger partial charge on any atom is 0.228 e. The molecule has 3 aliphatic heterocycles. The molecule has 5 aliphatic rings. The number of halogens is 1. The summed E-state index contributed by atoms with van der Waals surface area (Å²) >= 11 is 6.09. The van der Waals surface area contributed by atoms with Gasteiger partial charge in [-0.05, 0) is 76.0 Å². The number of hydrogen-bond acceptors (Lipinski definition) is 6. The van der Waals surface area contributed by atoms with E-state index in [0.717, 1.165) is 53.7 Å². The van der Waals surface area contributed by atoms with Gasteiger partial charge >= 0.3 is 0 Å². The first-order valence-electron chi connectivity index (χ1n) is 12.0. The molecule has 0 radical (unpaired) electrons. The Balaban J connectivity index is 1.31. The molecule has 4 heterocycles. The smallest absolute Gasteiger partial charge is 0.228 e. The van der Waals surface area contributed by atoms with Crippen molar-refractivity contribution in [3.63, 3.8) is 0 Å². The van der Waals surface area contributed by atoms with Gasteiger partial charge in [-0.25, -0.2) is 4.98 Å². The number of piperidine rings is 1. The fraction of sp³-hybridized carbons (Fsp3) is 0.600. The highest BCUT2D eigenvalue weighted by atomic mass is 35.5. The molecule has 6 nitrogen and oxygen atoms in total. The van der Waals surface area contributed by atoms with E-state index < -0.39 is 10.8 Å². The molecular weight excluding hydrogens is 456 g/mol. The summed E-state index contributed by atoms with van der Waals surface area (Å²) < 4.78 is 13.0. The summed E-state index contributed by atoms with van der Waals surface area (Å²) in [5.74, 6) is 1.97. The lowest BCUT2D eigenvalue weighted by molar-refractivity contribution is 0.143. The molecule has 0 amide bonds. The molecule has 2 aliphatic carbocycles. The Labute approximate surface area is 202 Å². The Hall–Kier alpha value is -1.70. The summed E-state index contributed by atoms with van der Waals surface area (Å²) in [6.45, 7) is 4.14. The second kappa shape index (κ2) is 7.65. The molecule has 3 atom stereocenters. The quantitative estimate of drug-likeness (QED) is 0.651. The number of benzene rings is 1. The molecule has 0 spiro atoms. The Morgan fingerprint density at radius 3 is 2.45 bits per heavy atom. The second-order valence-corrected chi connectivity index (χ2v) is 13.4. The number of aliphatic hydroxyl groups excluding tert-OH is 1. The number of nitrogens with zero attached hydrogens (tertiary/aromatic N) is 3. The Bertz CT molecular complexity index is 1100. The van der Waals surface area contributed by atoms with Gasteiger partial charge in [0.15, 0.2) is 0 Å². The molecule has 2 N–H and O–H groups in total. The van der Waals surface area contributed by atoms with Gasteiger partial charge < -0.3 is 15.3 Å². The third kappa shape index (κ3) is 3.50. The van der Waals surface area contributed by atoms with Gasteiger partial charge in [-0.1, -0.05) is 23.7 Å². The standard InChI is InChI=1S/C25H31ClN4O2S/c1-24(2)13-20-21(33(24)32)22(29-25(14-31)8-3-9-25)28-23(27-20)30-18-10-16(11-19(30)12-18)15-4-6-17(26)7-5-15/h4-7,16,18-19,31H,3,8-14H2,1-2H3,(H,27,28,29)/t16?,18?,19?,33-/m0/s1. The topological polar surface area (TPSA) is 78.3 Å². The third-order valence-corrected chi connectivity index (χ3v) is 10.4. The van der Waals surface area contributed by atoms with Crippen LogP contribution in [0.2, 0.25) is 5.02 Å². The van der Waals surface area contributed by atoms with Crippen molar-refractivity contribution in [1.29, 1.82) is 0 Å². The maximum atomic E-state index is 13.3. The lowest BCUT2D eigenvalue weighted by Gasteiger charge is -2.55. The van der Waals surface area contributed by atoms with E-state index in [1.807, 2.05) is 26.0 Å². The number of aromatic nitrogens is 2. The fourth-order valence-electron chi connectivity index (χ4n) is 6.13. The lowest BCUT2D eigenvalue weighted by atomic mass is 9.71. The lowest BCUT2D eigenvalue weighted by Crippen LogP contribution is -2.61. The van der Waals surface area contributed by atoms with Gasteiger partial charge in [0.05, 0.1) is 33.4 Å². The Morgan fingerprint density at radius 2 is 1.85 bits per heavy atom. The van der Waals surface area contributed by atoms with Crippen molar-refractivity contribution in [3.05, 3.63) is 40.5 Å². The van der Waals surface area contributed by atoms with Crippen molar-refractivity contribution in [1.82, 2.24) is 9.97 Å². The molecule has 2 bridgehead atoms.